The topological polar surface area (TPSA) is 87.7 Å². The minimum Gasteiger partial charge on any atom is -0.326 e. The molecule has 2 aromatic heterocycles. The van der Waals surface area contributed by atoms with Gasteiger partial charge in [-0.25, -0.2) is 4.98 Å². The summed E-state index contributed by atoms with van der Waals surface area (Å²) in [5.41, 5.74) is 4.43. The largest absolute Gasteiger partial charge is 0.326 e. The number of amides is 1. The van der Waals surface area contributed by atoms with E-state index < -0.39 is 0 Å². The monoisotopic (exact) mass is 410 g/mol. The molecule has 2 heterocycles. The number of benzene rings is 2. The van der Waals surface area contributed by atoms with Crippen LogP contribution in [-0.2, 0) is 11.2 Å². The van der Waals surface area contributed by atoms with E-state index in [1.807, 2.05) is 54.6 Å². The number of rotatable bonds is 6. The van der Waals surface area contributed by atoms with Gasteiger partial charge in [0.25, 0.3) is 5.56 Å². The van der Waals surface area contributed by atoms with E-state index in [2.05, 4.69) is 20.3 Å². The number of aromatic amines is 1. The first-order valence-electron chi connectivity index (χ1n) is 10.1. The number of hydrogen-bond acceptors (Lipinski definition) is 4. The van der Waals surface area contributed by atoms with Crippen LogP contribution in [0.4, 0.5) is 5.69 Å². The highest BCUT2D eigenvalue weighted by atomic mass is 16.1. The van der Waals surface area contributed by atoms with E-state index in [4.69, 9.17) is 0 Å². The molecule has 0 fully saturated rings. The molecule has 0 radical (unpaired) electrons. The Morgan fingerprint density at radius 1 is 0.935 bits per heavy atom. The third-order valence-electron chi connectivity index (χ3n) is 5.06. The molecular formula is C25H22N4O2. The minimum atomic E-state index is -0.225. The van der Waals surface area contributed by atoms with Crippen LogP contribution in [0.2, 0.25) is 0 Å². The van der Waals surface area contributed by atoms with Crippen molar-refractivity contribution in [3.8, 4) is 22.5 Å². The molecule has 154 valence electrons. The number of carbonyl (C=O) groups excluding carboxylic acids is 1. The Labute approximate surface area is 180 Å². The van der Waals surface area contributed by atoms with Crippen LogP contribution in [0, 0.1) is 6.92 Å². The molecular weight excluding hydrogens is 388 g/mol. The predicted octanol–water partition coefficient (Wildman–Crippen LogP) is 4.38. The maximum absolute atomic E-state index is 12.6. The van der Waals surface area contributed by atoms with Gasteiger partial charge in [0.15, 0.2) is 0 Å². The lowest BCUT2D eigenvalue weighted by Gasteiger charge is -2.12. The molecule has 31 heavy (non-hydrogen) atoms. The number of H-pyrrole nitrogens is 1. The number of pyridine rings is 1. The number of hydrogen-bond donors (Lipinski definition) is 2. The molecule has 0 aliphatic heterocycles. The molecule has 1 amide bonds. The molecule has 0 spiro atoms. The maximum atomic E-state index is 12.6. The van der Waals surface area contributed by atoms with Gasteiger partial charge in [-0.3, -0.25) is 14.6 Å². The van der Waals surface area contributed by atoms with Gasteiger partial charge in [0.1, 0.15) is 5.82 Å². The Bertz CT molecular complexity index is 1250. The minimum absolute atomic E-state index is 0.152. The van der Waals surface area contributed by atoms with E-state index in [0.717, 1.165) is 22.4 Å². The van der Waals surface area contributed by atoms with Gasteiger partial charge in [-0.2, -0.15) is 0 Å². The molecule has 2 aromatic carbocycles. The average molecular weight is 410 g/mol. The SMILES string of the molecule is Cc1nc(-c2ccncc2)[nH]c(=O)c1CCC(=O)Nc1ccccc1-c1ccccc1. The Morgan fingerprint density at radius 2 is 1.65 bits per heavy atom. The first-order chi connectivity index (χ1) is 15.1. The average Bonchev–Trinajstić information content (AvgIpc) is 2.80. The molecule has 0 unspecified atom stereocenters. The van der Waals surface area contributed by atoms with Crippen molar-refractivity contribution in [1.82, 2.24) is 15.0 Å². The molecule has 0 saturated carbocycles. The molecule has 6 nitrogen and oxygen atoms in total. The van der Waals surface area contributed by atoms with Gasteiger partial charge in [-0.05, 0) is 37.1 Å². The molecule has 0 bridgehead atoms. The van der Waals surface area contributed by atoms with Gasteiger partial charge in [0.2, 0.25) is 5.91 Å². The van der Waals surface area contributed by atoms with E-state index in [9.17, 15) is 9.59 Å². The molecule has 0 aliphatic rings. The number of para-hydroxylation sites is 1. The highest BCUT2D eigenvalue weighted by Gasteiger charge is 2.13. The van der Waals surface area contributed by atoms with Gasteiger partial charge in [-0.15, -0.1) is 0 Å². The fourth-order valence-electron chi connectivity index (χ4n) is 3.46. The zero-order valence-corrected chi connectivity index (χ0v) is 17.1. The second kappa shape index (κ2) is 9.17. The van der Waals surface area contributed by atoms with Crippen molar-refractivity contribution in [2.75, 3.05) is 5.32 Å². The Morgan fingerprint density at radius 3 is 2.39 bits per heavy atom. The molecule has 0 saturated heterocycles. The molecule has 0 atom stereocenters. The van der Waals surface area contributed by atoms with Crippen LogP contribution in [-0.4, -0.2) is 20.9 Å². The van der Waals surface area contributed by atoms with Crippen molar-refractivity contribution in [2.24, 2.45) is 0 Å². The maximum Gasteiger partial charge on any atom is 0.254 e. The van der Waals surface area contributed by atoms with E-state index in [1.165, 1.54) is 0 Å². The molecule has 2 N–H and O–H groups in total. The van der Waals surface area contributed by atoms with Crippen LogP contribution in [0.5, 0.6) is 0 Å². The second-order valence-corrected chi connectivity index (χ2v) is 7.17. The van der Waals surface area contributed by atoms with Crippen LogP contribution >= 0.6 is 0 Å². The smallest absolute Gasteiger partial charge is 0.254 e. The molecule has 4 aromatic rings. The standard InChI is InChI=1S/C25H22N4O2/c1-17-20(25(31)29-24(27-17)19-13-15-26-16-14-19)11-12-23(30)28-22-10-6-5-9-21(22)18-7-3-2-4-8-18/h2-10,13-16H,11-12H2,1H3,(H,28,30)(H,27,29,31). The van der Waals surface area contributed by atoms with Crippen molar-refractivity contribution in [1.29, 1.82) is 0 Å². The van der Waals surface area contributed by atoms with Gasteiger partial charge >= 0.3 is 0 Å². The highest BCUT2D eigenvalue weighted by Crippen LogP contribution is 2.27. The molecule has 0 aliphatic carbocycles. The molecule has 6 heteroatoms. The lowest BCUT2D eigenvalue weighted by molar-refractivity contribution is -0.116. The summed E-state index contributed by atoms with van der Waals surface area (Å²) in [6, 6.07) is 21.1. The summed E-state index contributed by atoms with van der Waals surface area (Å²) in [6.07, 6.45) is 3.79. The van der Waals surface area contributed by atoms with E-state index >= 15 is 0 Å². The van der Waals surface area contributed by atoms with Crippen molar-refractivity contribution >= 4 is 11.6 Å². The van der Waals surface area contributed by atoms with Gasteiger partial charge < -0.3 is 10.3 Å². The number of anilines is 1. The summed E-state index contributed by atoms with van der Waals surface area (Å²) < 4.78 is 0. The van der Waals surface area contributed by atoms with E-state index in [1.54, 1.807) is 31.5 Å². The Balaban J connectivity index is 1.47. The summed E-state index contributed by atoms with van der Waals surface area (Å²) in [7, 11) is 0. The summed E-state index contributed by atoms with van der Waals surface area (Å²) in [6.45, 7) is 1.79. The van der Waals surface area contributed by atoms with Crippen molar-refractivity contribution in [3.05, 3.63) is 101 Å². The second-order valence-electron chi connectivity index (χ2n) is 7.17. The van der Waals surface area contributed by atoms with Crippen molar-refractivity contribution < 1.29 is 4.79 Å². The normalized spacial score (nSPS) is 10.6. The third kappa shape index (κ3) is 4.75. The van der Waals surface area contributed by atoms with E-state index in [-0.39, 0.29) is 17.9 Å². The zero-order valence-electron chi connectivity index (χ0n) is 17.1. The summed E-state index contributed by atoms with van der Waals surface area (Å²) >= 11 is 0. The summed E-state index contributed by atoms with van der Waals surface area (Å²) in [5.74, 6) is 0.343. The van der Waals surface area contributed by atoms with Crippen molar-refractivity contribution in [2.45, 2.75) is 19.8 Å². The fraction of sp³-hybridized carbons (Fsp3) is 0.120. The number of nitrogens with one attached hydrogen (secondary N) is 2. The van der Waals surface area contributed by atoms with Crippen LogP contribution in [0.3, 0.4) is 0 Å². The van der Waals surface area contributed by atoms with Crippen molar-refractivity contribution in [3.63, 3.8) is 0 Å². The molecule has 4 rings (SSSR count). The Kier molecular flexibility index (Phi) is 5.98. The first-order valence-corrected chi connectivity index (χ1v) is 10.1. The quantitative estimate of drug-likeness (QED) is 0.494. The van der Waals surface area contributed by atoms with Gasteiger partial charge in [-0.1, -0.05) is 48.5 Å². The van der Waals surface area contributed by atoms with Gasteiger partial charge in [0.05, 0.1) is 0 Å². The number of carbonyl (C=O) groups is 1. The van der Waals surface area contributed by atoms with E-state index in [0.29, 0.717) is 23.5 Å². The fourth-order valence-corrected chi connectivity index (χ4v) is 3.46. The zero-order chi connectivity index (χ0) is 21.6. The van der Waals surface area contributed by atoms with Crippen LogP contribution in [0.25, 0.3) is 22.5 Å². The third-order valence-corrected chi connectivity index (χ3v) is 5.06. The Hall–Kier alpha value is -4.06. The van der Waals surface area contributed by atoms with Gasteiger partial charge in [0, 0.05) is 46.9 Å². The van der Waals surface area contributed by atoms with Crippen LogP contribution in [0.1, 0.15) is 17.7 Å². The lowest BCUT2D eigenvalue weighted by Crippen LogP contribution is -2.20. The van der Waals surface area contributed by atoms with Crippen LogP contribution in [0.15, 0.2) is 83.9 Å². The number of aromatic nitrogens is 3. The summed E-state index contributed by atoms with van der Waals surface area (Å²) in [5, 5.41) is 2.98. The first kappa shape index (κ1) is 20.2. The number of nitrogens with zero attached hydrogens (tertiary/aromatic N) is 2. The highest BCUT2D eigenvalue weighted by molar-refractivity contribution is 5.95. The van der Waals surface area contributed by atoms with Crippen LogP contribution < -0.4 is 10.9 Å². The summed E-state index contributed by atoms with van der Waals surface area (Å²) in [4.78, 5) is 36.5. The predicted molar refractivity (Wildman–Crippen MR) is 122 cm³/mol. The number of aryl methyl sites for hydroxylation is 1. The lowest BCUT2D eigenvalue weighted by atomic mass is 10.0.